The number of rotatable bonds is 6. The van der Waals surface area contributed by atoms with E-state index in [-0.39, 0.29) is 0 Å². The van der Waals surface area contributed by atoms with Crippen LogP contribution in [-0.2, 0) is 4.79 Å². The largest absolute Gasteiger partial charge is 0.480 e. The van der Waals surface area contributed by atoms with Crippen molar-refractivity contribution in [2.45, 2.75) is 59.0 Å². The molecule has 1 saturated heterocycles. The minimum atomic E-state index is -0.764. The SMILES string of the molecule is CCN(C1CCN(CC(C)C)CC1)C(C)(C)C(=O)O. The summed E-state index contributed by atoms with van der Waals surface area (Å²) >= 11 is 0. The maximum atomic E-state index is 11.4. The molecular formula is C15H30N2O2. The van der Waals surface area contributed by atoms with Crippen LogP contribution in [0, 0.1) is 5.92 Å². The van der Waals surface area contributed by atoms with E-state index in [2.05, 4.69) is 30.6 Å². The van der Waals surface area contributed by atoms with E-state index in [4.69, 9.17) is 0 Å². The molecule has 112 valence electrons. The van der Waals surface area contributed by atoms with Gasteiger partial charge in [0.15, 0.2) is 0 Å². The standard InChI is InChI=1S/C15H30N2O2/c1-6-17(15(4,5)14(18)19)13-7-9-16(10-8-13)11-12(2)3/h12-13H,6-11H2,1-5H3,(H,18,19). The Morgan fingerprint density at radius 2 is 1.89 bits per heavy atom. The predicted molar refractivity (Wildman–Crippen MR) is 78.4 cm³/mol. The van der Waals surface area contributed by atoms with E-state index in [1.807, 2.05) is 13.8 Å². The number of piperidine rings is 1. The zero-order valence-electron chi connectivity index (χ0n) is 13.1. The number of likely N-dealkylation sites (tertiary alicyclic amines) is 1. The molecule has 0 bridgehead atoms. The van der Waals surface area contributed by atoms with Crippen molar-refractivity contribution in [2.24, 2.45) is 5.92 Å². The first-order valence-corrected chi connectivity index (χ1v) is 7.51. The molecule has 0 unspecified atom stereocenters. The van der Waals surface area contributed by atoms with E-state index in [1.54, 1.807) is 0 Å². The molecule has 4 heteroatoms. The molecule has 0 atom stereocenters. The fourth-order valence-corrected chi connectivity index (χ4v) is 3.16. The van der Waals surface area contributed by atoms with Gasteiger partial charge in [0.25, 0.3) is 0 Å². The summed E-state index contributed by atoms with van der Waals surface area (Å²) in [6, 6.07) is 0.402. The number of carboxylic acids is 1. The van der Waals surface area contributed by atoms with Crippen LogP contribution in [0.15, 0.2) is 0 Å². The molecule has 0 saturated carbocycles. The molecule has 1 aliphatic heterocycles. The third-order valence-electron chi connectivity index (χ3n) is 4.20. The van der Waals surface area contributed by atoms with Crippen molar-refractivity contribution in [1.82, 2.24) is 9.80 Å². The van der Waals surface area contributed by atoms with Crippen molar-refractivity contribution in [3.8, 4) is 0 Å². The van der Waals surface area contributed by atoms with Gasteiger partial charge in [-0.3, -0.25) is 9.69 Å². The Morgan fingerprint density at radius 3 is 2.26 bits per heavy atom. The number of aliphatic carboxylic acids is 1. The highest BCUT2D eigenvalue weighted by Gasteiger charge is 2.38. The first kappa shape index (κ1) is 16.4. The number of likely N-dealkylation sites (N-methyl/N-ethyl adjacent to an activating group) is 1. The number of hydrogen-bond donors (Lipinski definition) is 1. The molecule has 1 aliphatic rings. The normalized spacial score (nSPS) is 19.3. The smallest absolute Gasteiger partial charge is 0.323 e. The lowest BCUT2D eigenvalue weighted by atomic mass is 9.94. The van der Waals surface area contributed by atoms with E-state index in [1.165, 1.54) is 0 Å². The third kappa shape index (κ3) is 4.18. The first-order chi connectivity index (χ1) is 8.78. The summed E-state index contributed by atoms with van der Waals surface area (Å²) in [6.07, 6.45) is 2.16. The summed E-state index contributed by atoms with van der Waals surface area (Å²) in [7, 11) is 0. The van der Waals surface area contributed by atoms with E-state index in [0.717, 1.165) is 39.0 Å². The van der Waals surface area contributed by atoms with Crippen LogP contribution < -0.4 is 0 Å². The van der Waals surface area contributed by atoms with Crippen LogP contribution in [0.4, 0.5) is 0 Å². The van der Waals surface area contributed by atoms with Gasteiger partial charge in [0.05, 0.1) is 0 Å². The Morgan fingerprint density at radius 1 is 1.37 bits per heavy atom. The molecule has 0 amide bonds. The van der Waals surface area contributed by atoms with Crippen molar-refractivity contribution in [2.75, 3.05) is 26.2 Å². The fraction of sp³-hybridized carbons (Fsp3) is 0.933. The Balaban J connectivity index is 2.60. The average molecular weight is 270 g/mol. The van der Waals surface area contributed by atoms with E-state index >= 15 is 0 Å². The van der Waals surface area contributed by atoms with Gasteiger partial charge in [-0.2, -0.15) is 0 Å². The lowest BCUT2D eigenvalue weighted by molar-refractivity contribution is -0.151. The van der Waals surface area contributed by atoms with Gasteiger partial charge in [-0.15, -0.1) is 0 Å². The Labute approximate surface area is 117 Å². The van der Waals surface area contributed by atoms with Crippen molar-refractivity contribution in [3.05, 3.63) is 0 Å². The Bertz CT molecular complexity index is 295. The summed E-state index contributed by atoms with van der Waals surface area (Å²) in [5.74, 6) is -0.0201. The van der Waals surface area contributed by atoms with Crippen molar-refractivity contribution < 1.29 is 9.90 Å². The lowest BCUT2D eigenvalue weighted by Gasteiger charge is -2.44. The molecule has 0 spiro atoms. The van der Waals surface area contributed by atoms with Gasteiger partial charge in [0.2, 0.25) is 0 Å². The quantitative estimate of drug-likeness (QED) is 0.804. The molecule has 0 aromatic rings. The highest BCUT2D eigenvalue weighted by Crippen LogP contribution is 2.25. The van der Waals surface area contributed by atoms with Crippen LogP contribution in [0.3, 0.4) is 0 Å². The monoisotopic (exact) mass is 270 g/mol. The Kier molecular flexibility index (Phi) is 5.81. The zero-order valence-corrected chi connectivity index (χ0v) is 13.1. The molecular weight excluding hydrogens is 240 g/mol. The first-order valence-electron chi connectivity index (χ1n) is 7.51. The molecule has 4 nitrogen and oxygen atoms in total. The second-order valence-corrected chi connectivity index (χ2v) is 6.58. The minimum absolute atomic E-state index is 0.402. The number of carboxylic acid groups (broad SMARTS) is 1. The molecule has 0 radical (unpaired) electrons. The van der Waals surface area contributed by atoms with Crippen molar-refractivity contribution >= 4 is 5.97 Å². The highest BCUT2D eigenvalue weighted by molar-refractivity contribution is 5.77. The van der Waals surface area contributed by atoms with Gasteiger partial charge in [-0.25, -0.2) is 0 Å². The average Bonchev–Trinajstić information content (AvgIpc) is 2.31. The summed E-state index contributed by atoms with van der Waals surface area (Å²) in [6.45, 7) is 14.3. The zero-order chi connectivity index (χ0) is 14.6. The van der Waals surface area contributed by atoms with Gasteiger partial charge in [0, 0.05) is 12.6 Å². The van der Waals surface area contributed by atoms with E-state index in [0.29, 0.717) is 12.0 Å². The van der Waals surface area contributed by atoms with Crippen LogP contribution in [0.5, 0.6) is 0 Å². The molecule has 1 rings (SSSR count). The van der Waals surface area contributed by atoms with Crippen LogP contribution in [0.2, 0.25) is 0 Å². The summed E-state index contributed by atoms with van der Waals surface area (Å²) in [4.78, 5) is 16.1. The lowest BCUT2D eigenvalue weighted by Crippen LogP contribution is -2.57. The van der Waals surface area contributed by atoms with Crippen LogP contribution in [0.25, 0.3) is 0 Å². The second-order valence-electron chi connectivity index (χ2n) is 6.58. The van der Waals surface area contributed by atoms with Crippen LogP contribution in [-0.4, -0.2) is 58.6 Å². The fourth-order valence-electron chi connectivity index (χ4n) is 3.16. The van der Waals surface area contributed by atoms with Gasteiger partial charge < -0.3 is 10.0 Å². The Hall–Kier alpha value is -0.610. The van der Waals surface area contributed by atoms with Crippen molar-refractivity contribution in [3.63, 3.8) is 0 Å². The maximum absolute atomic E-state index is 11.4. The third-order valence-corrected chi connectivity index (χ3v) is 4.20. The van der Waals surface area contributed by atoms with Gasteiger partial charge in [-0.1, -0.05) is 20.8 Å². The molecule has 19 heavy (non-hydrogen) atoms. The highest BCUT2D eigenvalue weighted by atomic mass is 16.4. The number of carbonyl (C=O) groups is 1. The van der Waals surface area contributed by atoms with Crippen LogP contribution in [0.1, 0.15) is 47.5 Å². The molecule has 1 N–H and O–H groups in total. The topological polar surface area (TPSA) is 43.8 Å². The molecule has 0 aromatic heterocycles. The maximum Gasteiger partial charge on any atom is 0.323 e. The van der Waals surface area contributed by atoms with E-state index < -0.39 is 11.5 Å². The summed E-state index contributed by atoms with van der Waals surface area (Å²) in [5, 5.41) is 9.39. The van der Waals surface area contributed by atoms with Gasteiger partial charge >= 0.3 is 5.97 Å². The second kappa shape index (κ2) is 6.71. The van der Waals surface area contributed by atoms with Crippen LogP contribution >= 0.6 is 0 Å². The molecule has 1 fully saturated rings. The van der Waals surface area contributed by atoms with Crippen molar-refractivity contribution in [1.29, 1.82) is 0 Å². The minimum Gasteiger partial charge on any atom is -0.480 e. The van der Waals surface area contributed by atoms with Gasteiger partial charge in [0.1, 0.15) is 5.54 Å². The van der Waals surface area contributed by atoms with E-state index in [9.17, 15) is 9.90 Å². The summed E-state index contributed by atoms with van der Waals surface area (Å²) in [5.41, 5.74) is -0.764. The van der Waals surface area contributed by atoms with Gasteiger partial charge in [-0.05, 0) is 52.2 Å². The predicted octanol–water partition coefficient (Wildman–Crippen LogP) is 2.29. The molecule has 0 aliphatic carbocycles. The summed E-state index contributed by atoms with van der Waals surface area (Å²) < 4.78 is 0. The number of hydrogen-bond acceptors (Lipinski definition) is 3. The molecule has 1 heterocycles. The molecule has 0 aromatic carbocycles. The number of nitrogens with zero attached hydrogens (tertiary/aromatic N) is 2.